The van der Waals surface area contributed by atoms with E-state index in [0.717, 1.165) is 5.56 Å². The summed E-state index contributed by atoms with van der Waals surface area (Å²) in [7, 11) is -1.37. The molecule has 2 fully saturated rings. The van der Waals surface area contributed by atoms with Gasteiger partial charge in [-0.1, -0.05) is 12.1 Å². The second kappa shape index (κ2) is 6.42. The van der Waals surface area contributed by atoms with Crippen molar-refractivity contribution >= 4 is 15.7 Å². The van der Waals surface area contributed by atoms with Crippen molar-refractivity contribution in [2.45, 2.75) is 37.9 Å². The van der Waals surface area contributed by atoms with Gasteiger partial charge in [0.1, 0.15) is 11.9 Å². The van der Waals surface area contributed by atoms with Gasteiger partial charge in [0.2, 0.25) is 5.91 Å². The molecular formula is C16H22FN3O3S. The highest BCUT2D eigenvalue weighted by Gasteiger charge is 2.37. The molecule has 1 aromatic carbocycles. The van der Waals surface area contributed by atoms with Gasteiger partial charge in [-0.25, -0.2) is 23.7 Å². The lowest BCUT2D eigenvalue weighted by Crippen LogP contribution is -2.48. The first kappa shape index (κ1) is 17.3. The van der Waals surface area contributed by atoms with E-state index in [-0.39, 0.29) is 35.3 Å². The third kappa shape index (κ3) is 3.45. The van der Waals surface area contributed by atoms with Crippen molar-refractivity contribution in [2.24, 2.45) is 0 Å². The van der Waals surface area contributed by atoms with Gasteiger partial charge in [-0.05, 0) is 37.0 Å². The van der Waals surface area contributed by atoms with Crippen LogP contribution in [0.5, 0.6) is 0 Å². The highest BCUT2D eigenvalue weighted by atomic mass is 32.2. The summed E-state index contributed by atoms with van der Waals surface area (Å²) in [5.74, 6) is -0.190. The van der Waals surface area contributed by atoms with Crippen LogP contribution in [0.25, 0.3) is 0 Å². The van der Waals surface area contributed by atoms with E-state index in [2.05, 4.69) is 10.9 Å². The van der Waals surface area contributed by atoms with E-state index in [9.17, 15) is 17.6 Å². The molecule has 0 bridgehead atoms. The van der Waals surface area contributed by atoms with Gasteiger partial charge in [-0.2, -0.15) is 0 Å². The van der Waals surface area contributed by atoms with Gasteiger partial charge in [-0.3, -0.25) is 4.79 Å². The van der Waals surface area contributed by atoms with Crippen LogP contribution in [0.3, 0.4) is 0 Å². The summed E-state index contributed by atoms with van der Waals surface area (Å²) < 4.78 is 36.6. The molecule has 0 aliphatic carbocycles. The fourth-order valence-electron chi connectivity index (χ4n) is 3.33. The van der Waals surface area contributed by atoms with E-state index in [4.69, 9.17) is 0 Å². The monoisotopic (exact) mass is 355 g/mol. The molecule has 3 atom stereocenters. The van der Waals surface area contributed by atoms with Crippen LogP contribution in [0, 0.1) is 12.7 Å². The number of nitrogens with zero attached hydrogens (tertiary/aromatic N) is 1. The van der Waals surface area contributed by atoms with E-state index in [1.54, 1.807) is 31.0 Å². The molecule has 2 aliphatic heterocycles. The van der Waals surface area contributed by atoms with Crippen molar-refractivity contribution in [3.8, 4) is 0 Å². The molecule has 24 heavy (non-hydrogen) atoms. The lowest BCUT2D eigenvalue weighted by Gasteiger charge is -2.26. The van der Waals surface area contributed by atoms with Crippen molar-refractivity contribution in [3.63, 3.8) is 0 Å². The molecular weight excluding hydrogens is 333 g/mol. The summed E-state index contributed by atoms with van der Waals surface area (Å²) in [6.45, 7) is 1.71. The van der Waals surface area contributed by atoms with E-state index in [0.29, 0.717) is 18.4 Å². The number of hydrogen-bond donors (Lipinski definition) is 2. The standard InChI is InChI=1S/C16H22FN3O3S/c1-10-7-11(3-4-13(10)17)14-8-15(19-18-14)16(21)20(2)12-5-6-24(22,23)9-12/h3-4,7,12,14-15,18-19H,5-6,8-9H2,1-2H3. The molecule has 1 amide bonds. The Morgan fingerprint density at radius 1 is 1.33 bits per heavy atom. The molecule has 2 saturated heterocycles. The predicted molar refractivity (Wildman–Crippen MR) is 88.4 cm³/mol. The molecule has 3 rings (SSSR count). The number of hydrogen-bond acceptors (Lipinski definition) is 5. The number of halogens is 1. The number of benzene rings is 1. The predicted octanol–water partition coefficient (Wildman–Crippen LogP) is 0.687. The number of aryl methyl sites for hydroxylation is 1. The Morgan fingerprint density at radius 3 is 2.71 bits per heavy atom. The molecule has 3 unspecified atom stereocenters. The lowest BCUT2D eigenvalue weighted by molar-refractivity contribution is -0.133. The van der Waals surface area contributed by atoms with Crippen LogP contribution < -0.4 is 10.9 Å². The first-order valence-electron chi connectivity index (χ1n) is 8.01. The van der Waals surface area contributed by atoms with Crippen molar-refractivity contribution in [2.75, 3.05) is 18.6 Å². The van der Waals surface area contributed by atoms with Gasteiger partial charge < -0.3 is 4.90 Å². The van der Waals surface area contributed by atoms with Crippen LogP contribution in [-0.2, 0) is 14.6 Å². The molecule has 6 nitrogen and oxygen atoms in total. The Labute approximate surface area is 141 Å². The van der Waals surface area contributed by atoms with Crippen LogP contribution >= 0.6 is 0 Å². The number of sulfone groups is 1. The molecule has 1 aromatic rings. The van der Waals surface area contributed by atoms with E-state index in [1.165, 1.54) is 6.07 Å². The topological polar surface area (TPSA) is 78.5 Å². The molecule has 0 spiro atoms. The van der Waals surface area contributed by atoms with Gasteiger partial charge >= 0.3 is 0 Å². The van der Waals surface area contributed by atoms with Crippen molar-refractivity contribution < 1.29 is 17.6 Å². The molecule has 2 N–H and O–H groups in total. The Kier molecular flexibility index (Phi) is 4.63. The molecule has 0 radical (unpaired) electrons. The summed E-state index contributed by atoms with van der Waals surface area (Å²) in [5, 5.41) is 0. The molecule has 0 saturated carbocycles. The maximum atomic E-state index is 13.4. The van der Waals surface area contributed by atoms with Gasteiger partial charge in [0.25, 0.3) is 0 Å². The maximum Gasteiger partial charge on any atom is 0.241 e. The summed E-state index contributed by atoms with van der Waals surface area (Å²) in [5.41, 5.74) is 7.54. The summed E-state index contributed by atoms with van der Waals surface area (Å²) in [6.07, 6.45) is 1.03. The van der Waals surface area contributed by atoms with Gasteiger partial charge in [0, 0.05) is 19.1 Å². The van der Waals surface area contributed by atoms with Crippen LogP contribution in [0.15, 0.2) is 18.2 Å². The SMILES string of the molecule is Cc1cc(C2CC(C(=O)N(C)C3CCS(=O)(=O)C3)NN2)ccc1F. The average molecular weight is 355 g/mol. The smallest absolute Gasteiger partial charge is 0.241 e. The molecule has 2 heterocycles. The van der Waals surface area contributed by atoms with Gasteiger partial charge in [-0.15, -0.1) is 0 Å². The first-order chi connectivity index (χ1) is 11.3. The number of rotatable bonds is 3. The second-order valence-corrected chi connectivity index (χ2v) is 8.87. The molecule has 2 aliphatic rings. The minimum absolute atomic E-state index is 0.0377. The number of carbonyl (C=O) groups is 1. The van der Waals surface area contributed by atoms with Crippen molar-refractivity contribution in [1.82, 2.24) is 15.8 Å². The Bertz CT molecular complexity index is 753. The van der Waals surface area contributed by atoms with E-state index in [1.807, 2.05) is 0 Å². The zero-order valence-electron chi connectivity index (χ0n) is 13.8. The highest BCUT2D eigenvalue weighted by Crippen LogP contribution is 2.26. The number of likely N-dealkylation sites (N-methyl/N-ethyl adjacent to an activating group) is 1. The number of nitrogens with one attached hydrogen (secondary N) is 2. The average Bonchev–Trinajstić information content (AvgIpc) is 3.15. The zero-order chi connectivity index (χ0) is 17.5. The third-order valence-corrected chi connectivity index (χ3v) is 6.64. The normalized spacial score (nSPS) is 28.9. The Morgan fingerprint density at radius 2 is 2.08 bits per heavy atom. The van der Waals surface area contributed by atoms with Crippen LogP contribution in [0.2, 0.25) is 0 Å². The summed E-state index contributed by atoms with van der Waals surface area (Å²) >= 11 is 0. The molecule has 132 valence electrons. The summed E-state index contributed by atoms with van der Waals surface area (Å²) in [4.78, 5) is 14.2. The zero-order valence-corrected chi connectivity index (χ0v) is 14.6. The maximum absolute atomic E-state index is 13.4. The minimum atomic E-state index is -3.03. The van der Waals surface area contributed by atoms with Gasteiger partial charge in [0.15, 0.2) is 9.84 Å². The number of carbonyl (C=O) groups excluding carboxylic acids is 1. The van der Waals surface area contributed by atoms with Gasteiger partial charge in [0.05, 0.1) is 11.5 Å². The van der Waals surface area contributed by atoms with Crippen LogP contribution in [0.4, 0.5) is 4.39 Å². The van der Waals surface area contributed by atoms with E-state index >= 15 is 0 Å². The first-order valence-corrected chi connectivity index (χ1v) is 9.83. The second-order valence-electron chi connectivity index (χ2n) is 6.64. The molecule has 0 aromatic heterocycles. The minimum Gasteiger partial charge on any atom is -0.340 e. The number of amides is 1. The number of hydrazine groups is 1. The Balaban J connectivity index is 1.64. The van der Waals surface area contributed by atoms with E-state index < -0.39 is 15.9 Å². The van der Waals surface area contributed by atoms with Crippen LogP contribution in [0.1, 0.15) is 30.0 Å². The molecule has 8 heteroatoms. The summed E-state index contributed by atoms with van der Waals surface area (Å²) in [6, 6.07) is 4.15. The fraction of sp³-hybridized carbons (Fsp3) is 0.562. The van der Waals surface area contributed by atoms with Crippen LogP contribution in [-0.4, -0.2) is 49.9 Å². The largest absolute Gasteiger partial charge is 0.340 e. The quantitative estimate of drug-likeness (QED) is 0.834. The lowest BCUT2D eigenvalue weighted by atomic mass is 9.99. The fourth-order valence-corrected chi connectivity index (χ4v) is 5.10. The highest BCUT2D eigenvalue weighted by molar-refractivity contribution is 7.91. The third-order valence-electron chi connectivity index (χ3n) is 4.89. The van der Waals surface area contributed by atoms with Crippen molar-refractivity contribution in [1.29, 1.82) is 0 Å². The van der Waals surface area contributed by atoms with Crippen molar-refractivity contribution in [3.05, 3.63) is 35.1 Å². The Hall–Kier alpha value is -1.51.